The molecule has 1 aromatic rings. The van der Waals surface area contributed by atoms with Crippen LogP contribution in [0.1, 0.15) is 12.0 Å². The van der Waals surface area contributed by atoms with Gasteiger partial charge in [0.1, 0.15) is 0 Å². The third-order valence-corrected chi connectivity index (χ3v) is 3.91. The molecular weight excluding hydrogens is 270 g/mol. The van der Waals surface area contributed by atoms with Crippen LogP contribution in [-0.4, -0.2) is 43.0 Å². The number of aliphatic hydroxyl groups excluding tert-OH is 1. The fourth-order valence-corrected chi connectivity index (χ4v) is 2.52. The SMILES string of the molecule is O=C(O)[C@@H](O)CCNS(=O)(=O)CCc1ccccc1. The predicted octanol–water partition coefficient (Wildman–Crippen LogP) is -0.0159. The number of hydrogen-bond acceptors (Lipinski definition) is 4. The lowest BCUT2D eigenvalue weighted by molar-refractivity contribution is -0.146. The van der Waals surface area contributed by atoms with E-state index in [0.717, 1.165) is 5.56 Å². The lowest BCUT2D eigenvalue weighted by Crippen LogP contribution is -2.32. The molecule has 0 amide bonds. The number of aryl methyl sites for hydroxylation is 1. The molecule has 19 heavy (non-hydrogen) atoms. The van der Waals surface area contributed by atoms with E-state index in [1.165, 1.54) is 0 Å². The van der Waals surface area contributed by atoms with Crippen molar-refractivity contribution in [1.29, 1.82) is 0 Å². The fraction of sp³-hybridized carbons (Fsp3) is 0.417. The van der Waals surface area contributed by atoms with Crippen LogP contribution in [0.25, 0.3) is 0 Å². The van der Waals surface area contributed by atoms with Crippen molar-refractivity contribution in [3.63, 3.8) is 0 Å². The maximum absolute atomic E-state index is 11.6. The topological polar surface area (TPSA) is 104 Å². The van der Waals surface area contributed by atoms with Crippen LogP contribution in [0.2, 0.25) is 0 Å². The van der Waals surface area contributed by atoms with Gasteiger partial charge in [0.2, 0.25) is 10.0 Å². The molecule has 0 fully saturated rings. The number of carbonyl (C=O) groups is 1. The number of aliphatic hydroxyl groups is 1. The second-order valence-electron chi connectivity index (χ2n) is 4.09. The van der Waals surface area contributed by atoms with E-state index in [9.17, 15) is 13.2 Å². The van der Waals surface area contributed by atoms with Crippen molar-refractivity contribution in [3.05, 3.63) is 35.9 Å². The maximum atomic E-state index is 11.6. The summed E-state index contributed by atoms with van der Waals surface area (Å²) in [7, 11) is -3.46. The Bertz CT molecular complexity index is 500. The Morgan fingerprint density at radius 2 is 1.89 bits per heavy atom. The molecule has 0 unspecified atom stereocenters. The lowest BCUT2D eigenvalue weighted by atomic mass is 10.2. The monoisotopic (exact) mass is 287 g/mol. The summed E-state index contributed by atoms with van der Waals surface area (Å²) in [6, 6.07) is 9.19. The molecule has 0 aliphatic rings. The average molecular weight is 287 g/mol. The number of hydrogen-bond donors (Lipinski definition) is 3. The third kappa shape index (κ3) is 6.32. The van der Waals surface area contributed by atoms with E-state index >= 15 is 0 Å². The highest BCUT2D eigenvalue weighted by Gasteiger charge is 2.15. The smallest absolute Gasteiger partial charge is 0.332 e. The number of sulfonamides is 1. The highest BCUT2D eigenvalue weighted by Crippen LogP contribution is 2.01. The molecule has 6 nitrogen and oxygen atoms in total. The summed E-state index contributed by atoms with van der Waals surface area (Å²) in [6.45, 7) is -0.0927. The molecule has 1 rings (SSSR count). The molecule has 0 bridgehead atoms. The molecule has 1 aromatic carbocycles. The number of nitrogens with one attached hydrogen (secondary N) is 1. The van der Waals surface area contributed by atoms with Crippen LogP contribution in [0.4, 0.5) is 0 Å². The van der Waals surface area contributed by atoms with Crippen LogP contribution < -0.4 is 4.72 Å². The maximum Gasteiger partial charge on any atom is 0.332 e. The van der Waals surface area contributed by atoms with E-state index in [4.69, 9.17) is 10.2 Å². The number of benzene rings is 1. The van der Waals surface area contributed by atoms with Gasteiger partial charge in [-0.25, -0.2) is 17.9 Å². The van der Waals surface area contributed by atoms with Gasteiger partial charge in [-0.3, -0.25) is 0 Å². The first-order valence-corrected chi connectivity index (χ1v) is 7.48. The van der Waals surface area contributed by atoms with Crippen LogP contribution >= 0.6 is 0 Å². The van der Waals surface area contributed by atoms with Crippen molar-refractivity contribution >= 4 is 16.0 Å². The van der Waals surface area contributed by atoms with Gasteiger partial charge in [0, 0.05) is 6.54 Å². The standard InChI is InChI=1S/C12H17NO5S/c14-11(12(15)16)6-8-13-19(17,18)9-7-10-4-2-1-3-5-10/h1-5,11,13-14H,6-9H2,(H,15,16)/t11-/m0/s1. The summed E-state index contributed by atoms with van der Waals surface area (Å²) in [5, 5.41) is 17.4. The molecule has 0 heterocycles. The van der Waals surface area contributed by atoms with Gasteiger partial charge in [0.05, 0.1) is 5.75 Å². The van der Waals surface area contributed by atoms with E-state index < -0.39 is 22.1 Å². The van der Waals surface area contributed by atoms with Crippen molar-refractivity contribution < 1.29 is 23.4 Å². The molecule has 0 radical (unpaired) electrons. The normalized spacial score (nSPS) is 13.1. The summed E-state index contributed by atoms with van der Waals surface area (Å²) in [4.78, 5) is 10.3. The van der Waals surface area contributed by atoms with Crippen molar-refractivity contribution in [2.24, 2.45) is 0 Å². The second kappa shape index (κ2) is 7.22. The molecule has 0 aliphatic heterocycles. The van der Waals surface area contributed by atoms with Crippen LogP contribution in [-0.2, 0) is 21.2 Å². The zero-order valence-electron chi connectivity index (χ0n) is 10.3. The predicted molar refractivity (Wildman–Crippen MR) is 70.2 cm³/mol. The largest absolute Gasteiger partial charge is 0.479 e. The number of aliphatic carboxylic acids is 1. The van der Waals surface area contributed by atoms with E-state index in [2.05, 4.69) is 4.72 Å². The molecule has 0 saturated heterocycles. The first-order chi connectivity index (χ1) is 8.91. The van der Waals surface area contributed by atoms with Gasteiger partial charge in [-0.2, -0.15) is 0 Å². The molecule has 0 aromatic heterocycles. The highest BCUT2D eigenvalue weighted by molar-refractivity contribution is 7.89. The van der Waals surface area contributed by atoms with Gasteiger partial charge < -0.3 is 10.2 Å². The third-order valence-electron chi connectivity index (χ3n) is 2.53. The molecule has 0 spiro atoms. The van der Waals surface area contributed by atoms with Gasteiger partial charge in [-0.1, -0.05) is 30.3 Å². The average Bonchev–Trinajstić information content (AvgIpc) is 2.37. The van der Waals surface area contributed by atoms with Crippen molar-refractivity contribution in [2.45, 2.75) is 18.9 Å². The zero-order valence-corrected chi connectivity index (χ0v) is 11.1. The highest BCUT2D eigenvalue weighted by atomic mass is 32.2. The Labute approximate surface area is 112 Å². The summed E-state index contributed by atoms with van der Waals surface area (Å²) in [5.74, 6) is -1.43. The van der Waals surface area contributed by atoms with E-state index in [1.54, 1.807) is 0 Å². The van der Waals surface area contributed by atoms with Gasteiger partial charge in [0.15, 0.2) is 6.10 Å². The molecule has 1 atom stereocenters. The fourth-order valence-electron chi connectivity index (χ4n) is 1.44. The van der Waals surface area contributed by atoms with Crippen molar-refractivity contribution in [1.82, 2.24) is 4.72 Å². The molecule has 7 heteroatoms. The van der Waals surface area contributed by atoms with Crippen molar-refractivity contribution in [3.8, 4) is 0 Å². The van der Waals surface area contributed by atoms with Crippen LogP contribution in [0.3, 0.4) is 0 Å². The van der Waals surface area contributed by atoms with E-state index in [0.29, 0.717) is 6.42 Å². The summed E-state index contributed by atoms with van der Waals surface area (Å²) >= 11 is 0. The zero-order chi connectivity index (χ0) is 14.3. The lowest BCUT2D eigenvalue weighted by Gasteiger charge is -2.08. The first kappa shape index (κ1) is 15.6. The molecule has 0 saturated carbocycles. The summed E-state index contributed by atoms with van der Waals surface area (Å²) in [6.07, 6.45) is -1.31. The Morgan fingerprint density at radius 1 is 1.26 bits per heavy atom. The van der Waals surface area contributed by atoms with Gasteiger partial charge >= 0.3 is 5.97 Å². The minimum atomic E-state index is -3.46. The van der Waals surface area contributed by atoms with Crippen molar-refractivity contribution in [2.75, 3.05) is 12.3 Å². The molecule has 106 valence electrons. The van der Waals surface area contributed by atoms with E-state index in [-0.39, 0.29) is 18.7 Å². The second-order valence-corrected chi connectivity index (χ2v) is 6.02. The Kier molecular flexibility index (Phi) is 5.94. The summed E-state index contributed by atoms with van der Waals surface area (Å²) < 4.78 is 25.5. The number of carboxylic acids is 1. The Morgan fingerprint density at radius 3 is 2.47 bits per heavy atom. The number of carboxylic acid groups (broad SMARTS) is 1. The number of rotatable bonds is 8. The molecule has 3 N–H and O–H groups in total. The minimum absolute atomic E-state index is 0.0693. The molecule has 0 aliphatic carbocycles. The molecular formula is C12H17NO5S. The van der Waals surface area contributed by atoms with Gasteiger partial charge in [-0.05, 0) is 18.4 Å². The van der Waals surface area contributed by atoms with E-state index in [1.807, 2.05) is 30.3 Å². The summed E-state index contributed by atoms with van der Waals surface area (Å²) in [5.41, 5.74) is 0.915. The van der Waals surface area contributed by atoms with Crippen LogP contribution in [0.5, 0.6) is 0 Å². The quantitative estimate of drug-likeness (QED) is 0.623. The first-order valence-electron chi connectivity index (χ1n) is 5.83. The van der Waals surface area contributed by atoms with Gasteiger partial charge in [-0.15, -0.1) is 0 Å². The van der Waals surface area contributed by atoms with Crippen LogP contribution in [0, 0.1) is 0 Å². The van der Waals surface area contributed by atoms with Crippen LogP contribution in [0.15, 0.2) is 30.3 Å². The Balaban J connectivity index is 2.34. The Hall–Kier alpha value is -1.44. The van der Waals surface area contributed by atoms with Gasteiger partial charge in [0.25, 0.3) is 0 Å². The minimum Gasteiger partial charge on any atom is -0.479 e.